The summed E-state index contributed by atoms with van der Waals surface area (Å²) in [5, 5.41) is 3.12. The van der Waals surface area contributed by atoms with Gasteiger partial charge in [-0.1, -0.05) is 38.5 Å². The number of amides is 1. The van der Waals surface area contributed by atoms with E-state index in [1.807, 2.05) is 0 Å². The predicted octanol–water partition coefficient (Wildman–Crippen LogP) is 3.56. The van der Waals surface area contributed by atoms with Crippen molar-refractivity contribution in [1.29, 1.82) is 0 Å². The van der Waals surface area contributed by atoms with Crippen LogP contribution >= 0.6 is 12.6 Å². The summed E-state index contributed by atoms with van der Waals surface area (Å²) < 4.78 is 0. The van der Waals surface area contributed by atoms with E-state index in [-0.39, 0.29) is 5.41 Å². The van der Waals surface area contributed by atoms with Gasteiger partial charge >= 0.3 is 0 Å². The molecule has 0 heterocycles. The van der Waals surface area contributed by atoms with E-state index in [2.05, 4.69) is 17.9 Å². The zero-order chi connectivity index (χ0) is 12.8. The number of thiol groups is 1. The number of carbonyl (C=O) groups excluding carboxylic acids is 1. The number of nitrogens with one attached hydrogen (secondary N) is 1. The number of carbonyl (C=O) groups is 1. The van der Waals surface area contributed by atoms with Crippen LogP contribution in [0.15, 0.2) is 0 Å². The SMILES string of the molecule is O=C(NCCS)C1(C2CCCCC2)CCCCC1. The maximum absolute atomic E-state index is 12.6. The lowest BCUT2D eigenvalue weighted by atomic mass is 9.61. The molecule has 0 aromatic heterocycles. The van der Waals surface area contributed by atoms with Crippen LogP contribution in [0.4, 0.5) is 0 Å². The lowest BCUT2D eigenvalue weighted by Crippen LogP contribution is -2.48. The molecule has 3 heteroatoms. The molecule has 1 amide bonds. The van der Waals surface area contributed by atoms with Crippen LogP contribution in [0, 0.1) is 11.3 Å². The van der Waals surface area contributed by atoms with Gasteiger partial charge in [-0.15, -0.1) is 0 Å². The van der Waals surface area contributed by atoms with E-state index < -0.39 is 0 Å². The Bertz CT molecular complexity index is 268. The van der Waals surface area contributed by atoms with Gasteiger partial charge in [0.15, 0.2) is 0 Å². The molecule has 104 valence electrons. The van der Waals surface area contributed by atoms with Gasteiger partial charge in [-0.25, -0.2) is 0 Å². The summed E-state index contributed by atoms with van der Waals surface area (Å²) in [4.78, 5) is 12.6. The molecule has 0 radical (unpaired) electrons. The van der Waals surface area contributed by atoms with E-state index in [1.165, 1.54) is 51.4 Å². The third kappa shape index (κ3) is 3.04. The highest BCUT2D eigenvalue weighted by molar-refractivity contribution is 7.80. The van der Waals surface area contributed by atoms with Crippen molar-refractivity contribution >= 4 is 18.5 Å². The quantitative estimate of drug-likeness (QED) is 0.751. The first-order valence-electron chi connectivity index (χ1n) is 7.69. The van der Waals surface area contributed by atoms with Crippen LogP contribution < -0.4 is 5.32 Å². The highest BCUT2D eigenvalue weighted by atomic mass is 32.1. The van der Waals surface area contributed by atoms with E-state index in [4.69, 9.17) is 0 Å². The van der Waals surface area contributed by atoms with Crippen molar-refractivity contribution in [2.75, 3.05) is 12.3 Å². The van der Waals surface area contributed by atoms with Crippen molar-refractivity contribution < 1.29 is 4.79 Å². The molecule has 0 spiro atoms. The van der Waals surface area contributed by atoms with Crippen molar-refractivity contribution in [3.8, 4) is 0 Å². The van der Waals surface area contributed by atoms with Crippen LogP contribution in [0.2, 0.25) is 0 Å². The van der Waals surface area contributed by atoms with Crippen LogP contribution in [-0.4, -0.2) is 18.2 Å². The first kappa shape index (κ1) is 14.2. The minimum Gasteiger partial charge on any atom is -0.355 e. The minimum absolute atomic E-state index is 0.0262. The third-order valence-electron chi connectivity index (χ3n) is 4.98. The van der Waals surface area contributed by atoms with Gasteiger partial charge in [0, 0.05) is 12.3 Å². The molecule has 0 saturated heterocycles. The summed E-state index contributed by atoms with van der Waals surface area (Å²) in [6.45, 7) is 0.719. The van der Waals surface area contributed by atoms with Crippen molar-refractivity contribution in [3.05, 3.63) is 0 Å². The summed E-state index contributed by atoms with van der Waals surface area (Å²) >= 11 is 4.20. The van der Waals surface area contributed by atoms with E-state index in [1.54, 1.807) is 0 Å². The smallest absolute Gasteiger partial charge is 0.226 e. The van der Waals surface area contributed by atoms with Crippen LogP contribution in [0.25, 0.3) is 0 Å². The summed E-state index contributed by atoms with van der Waals surface area (Å²) in [6.07, 6.45) is 12.6. The number of rotatable bonds is 4. The monoisotopic (exact) mass is 269 g/mol. The first-order chi connectivity index (χ1) is 8.79. The molecule has 0 aromatic rings. The van der Waals surface area contributed by atoms with Gasteiger partial charge < -0.3 is 5.32 Å². The van der Waals surface area contributed by atoms with Crippen LogP contribution in [0.5, 0.6) is 0 Å². The standard InChI is InChI=1S/C15H27NOS/c17-14(16-11-12-18)15(9-5-2-6-10-15)13-7-3-1-4-8-13/h13,18H,1-12H2,(H,16,17). The lowest BCUT2D eigenvalue weighted by Gasteiger charge is -2.44. The topological polar surface area (TPSA) is 29.1 Å². The van der Waals surface area contributed by atoms with Crippen LogP contribution in [0.3, 0.4) is 0 Å². The fourth-order valence-corrected chi connectivity index (χ4v) is 4.12. The number of hydrogen-bond donors (Lipinski definition) is 2. The van der Waals surface area contributed by atoms with Gasteiger partial charge in [-0.2, -0.15) is 12.6 Å². The van der Waals surface area contributed by atoms with Gasteiger partial charge in [0.1, 0.15) is 0 Å². The van der Waals surface area contributed by atoms with Gasteiger partial charge in [-0.05, 0) is 31.6 Å². The Morgan fingerprint density at radius 3 is 2.28 bits per heavy atom. The molecular formula is C15H27NOS. The summed E-state index contributed by atoms with van der Waals surface area (Å²) in [5.41, 5.74) is -0.0262. The zero-order valence-electron chi connectivity index (χ0n) is 11.4. The summed E-state index contributed by atoms with van der Waals surface area (Å²) in [6, 6.07) is 0. The molecule has 2 fully saturated rings. The van der Waals surface area contributed by atoms with Gasteiger partial charge in [0.2, 0.25) is 5.91 Å². The third-order valence-corrected chi connectivity index (χ3v) is 5.21. The zero-order valence-corrected chi connectivity index (χ0v) is 12.3. The largest absolute Gasteiger partial charge is 0.355 e. The second-order valence-electron chi connectivity index (χ2n) is 6.03. The fraction of sp³-hybridized carbons (Fsp3) is 0.933. The molecule has 18 heavy (non-hydrogen) atoms. The Morgan fingerprint density at radius 1 is 1.06 bits per heavy atom. The predicted molar refractivity (Wildman–Crippen MR) is 79.0 cm³/mol. The molecule has 0 bridgehead atoms. The Morgan fingerprint density at radius 2 is 1.67 bits per heavy atom. The molecule has 0 atom stereocenters. The Kier molecular flexibility index (Phi) is 5.40. The summed E-state index contributed by atoms with van der Waals surface area (Å²) in [7, 11) is 0. The Hall–Kier alpha value is -0.180. The second-order valence-corrected chi connectivity index (χ2v) is 6.48. The number of hydrogen-bond acceptors (Lipinski definition) is 2. The normalized spacial score (nSPS) is 24.7. The maximum Gasteiger partial charge on any atom is 0.226 e. The van der Waals surface area contributed by atoms with E-state index in [0.29, 0.717) is 11.8 Å². The van der Waals surface area contributed by atoms with Crippen LogP contribution in [0.1, 0.15) is 64.2 Å². The van der Waals surface area contributed by atoms with Gasteiger partial charge in [0.25, 0.3) is 0 Å². The Balaban J connectivity index is 2.08. The van der Waals surface area contributed by atoms with Crippen molar-refractivity contribution in [3.63, 3.8) is 0 Å². The van der Waals surface area contributed by atoms with E-state index >= 15 is 0 Å². The molecule has 0 unspecified atom stereocenters. The highest BCUT2D eigenvalue weighted by Gasteiger charge is 2.45. The van der Waals surface area contributed by atoms with Crippen LogP contribution in [-0.2, 0) is 4.79 Å². The molecule has 2 saturated carbocycles. The van der Waals surface area contributed by atoms with Crippen molar-refractivity contribution in [2.24, 2.45) is 11.3 Å². The molecule has 0 aromatic carbocycles. The van der Waals surface area contributed by atoms with Gasteiger partial charge in [0.05, 0.1) is 5.41 Å². The minimum atomic E-state index is -0.0262. The molecular weight excluding hydrogens is 242 g/mol. The first-order valence-corrected chi connectivity index (χ1v) is 8.32. The lowest BCUT2D eigenvalue weighted by molar-refractivity contribution is -0.137. The molecule has 2 nitrogen and oxygen atoms in total. The molecule has 0 aliphatic heterocycles. The highest BCUT2D eigenvalue weighted by Crippen LogP contribution is 2.48. The molecule has 2 aliphatic rings. The second kappa shape index (κ2) is 6.83. The van der Waals surface area contributed by atoms with Crippen molar-refractivity contribution in [2.45, 2.75) is 64.2 Å². The van der Waals surface area contributed by atoms with E-state index in [0.717, 1.165) is 25.1 Å². The summed E-state index contributed by atoms with van der Waals surface area (Å²) in [5.74, 6) is 1.72. The average molecular weight is 269 g/mol. The molecule has 1 N–H and O–H groups in total. The Labute approximate surface area is 117 Å². The van der Waals surface area contributed by atoms with Gasteiger partial charge in [-0.3, -0.25) is 4.79 Å². The van der Waals surface area contributed by atoms with Crippen molar-refractivity contribution in [1.82, 2.24) is 5.32 Å². The molecule has 2 aliphatic carbocycles. The fourth-order valence-electron chi connectivity index (χ4n) is 4.00. The average Bonchev–Trinajstić information content (AvgIpc) is 2.46. The maximum atomic E-state index is 12.6. The van der Waals surface area contributed by atoms with E-state index in [9.17, 15) is 4.79 Å². The molecule has 2 rings (SSSR count).